The van der Waals surface area contributed by atoms with Gasteiger partial charge in [0.05, 0.1) is 21.7 Å². The molecule has 12 heteroatoms. The maximum absolute atomic E-state index is 13.1. The Kier molecular flexibility index (Phi) is 6.17. The van der Waals surface area contributed by atoms with Crippen LogP contribution in [-0.4, -0.2) is 35.0 Å². The number of aryl methyl sites for hydroxylation is 1. The van der Waals surface area contributed by atoms with Gasteiger partial charge in [-0.05, 0) is 48.4 Å². The van der Waals surface area contributed by atoms with E-state index in [2.05, 4.69) is 10.3 Å². The molecule has 1 amide bonds. The molecule has 4 N–H and O–H groups in total. The fraction of sp³-hybridized carbons (Fsp3) is 0.136. The number of nitrogens with zero attached hydrogens (tertiary/aromatic N) is 2. The number of primary sulfonamides is 1. The van der Waals surface area contributed by atoms with Gasteiger partial charge in [-0.1, -0.05) is 23.7 Å². The predicted molar refractivity (Wildman–Crippen MR) is 128 cm³/mol. The zero-order valence-corrected chi connectivity index (χ0v) is 19.5. The molecule has 0 atom stereocenters. The van der Waals surface area contributed by atoms with Gasteiger partial charge in [0, 0.05) is 24.8 Å². The SMILES string of the molecule is Cn1cc(C(=O)NCCc2ccc(S(N)(=O)=O)cc2)c2[nH]c(=O)n(-c3ccc(Cl)cc3)c(=O)c21. The second kappa shape index (κ2) is 8.93. The number of nitrogens with one attached hydrogen (secondary N) is 2. The van der Waals surface area contributed by atoms with Gasteiger partial charge in [0.1, 0.15) is 5.52 Å². The minimum atomic E-state index is -3.77. The number of hydrogen-bond acceptors (Lipinski definition) is 5. The van der Waals surface area contributed by atoms with Crippen LogP contribution in [0.4, 0.5) is 0 Å². The number of carbonyl (C=O) groups excluding carboxylic acids is 1. The van der Waals surface area contributed by atoms with Gasteiger partial charge >= 0.3 is 5.69 Å². The summed E-state index contributed by atoms with van der Waals surface area (Å²) in [6.07, 6.45) is 1.91. The second-order valence-corrected chi connectivity index (χ2v) is 9.62. The van der Waals surface area contributed by atoms with E-state index >= 15 is 0 Å². The molecule has 2 aromatic carbocycles. The standard InChI is InChI=1S/C22H20ClN5O5S/c1-27-12-17(20(29)25-11-10-13-2-8-16(9-3-13)34(24,32)33)18-19(27)21(30)28(22(31)26-18)15-6-4-14(23)5-7-15/h2-9,12H,10-11H2,1H3,(H,25,29)(H,26,31)(H2,24,32,33). The van der Waals surface area contributed by atoms with Crippen LogP contribution in [0.3, 0.4) is 0 Å². The van der Waals surface area contributed by atoms with E-state index in [0.717, 1.165) is 10.1 Å². The smallest absolute Gasteiger partial charge is 0.333 e. The lowest BCUT2D eigenvalue weighted by Gasteiger charge is -2.07. The van der Waals surface area contributed by atoms with Crippen LogP contribution in [0, 0.1) is 0 Å². The molecule has 0 aliphatic heterocycles. The number of aromatic nitrogens is 3. The number of H-pyrrole nitrogens is 1. The van der Waals surface area contributed by atoms with Gasteiger partial charge < -0.3 is 14.9 Å². The number of halogens is 1. The molecule has 0 aliphatic carbocycles. The van der Waals surface area contributed by atoms with E-state index in [1.54, 1.807) is 43.4 Å². The fourth-order valence-electron chi connectivity index (χ4n) is 3.63. The van der Waals surface area contributed by atoms with Crippen LogP contribution in [-0.2, 0) is 23.5 Å². The number of hydrogen-bond donors (Lipinski definition) is 3. The Morgan fingerprint density at radius 3 is 2.35 bits per heavy atom. The average molecular weight is 502 g/mol. The molecule has 4 aromatic rings. The summed E-state index contributed by atoms with van der Waals surface area (Å²) in [6, 6.07) is 12.3. The Labute approximate surface area is 198 Å². The lowest BCUT2D eigenvalue weighted by molar-refractivity contribution is 0.0955. The molecule has 2 heterocycles. The topological polar surface area (TPSA) is 149 Å². The Morgan fingerprint density at radius 1 is 1.09 bits per heavy atom. The van der Waals surface area contributed by atoms with Crippen LogP contribution in [0.2, 0.25) is 5.02 Å². The molecule has 0 spiro atoms. The molecule has 0 radical (unpaired) electrons. The van der Waals surface area contributed by atoms with Crippen LogP contribution in [0.5, 0.6) is 0 Å². The highest BCUT2D eigenvalue weighted by Crippen LogP contribution is 2.16. The van der Waals surface area contributed by atoms with Gasteiger partial charge in [0.15, 0.2) is 0 Å². The number of nitrogens with two attached hydrogens (primary N) is 1. The number of fused-ring (bicyclic) bond motifs is 1. The van der Waals surface area contributed by atoms with Crippen molar-refractivity contribution in [1.29, 1.82) is 0 Å². The normalized spacial score (nSPS) is 11.6. The van der Waals surface area contributed by atoms with Gasteiger partial charge in [-0.3, -0.25) is 9.59 Å². The maximum atomic E-state index is 13.1. The Morgan fingerprint density at radius 2 is 1.74 bits per heavy atom. The summed E-state index contributed by atoms with van der Waals surface area (Å²) in [4.78, 5) is 41.2. The van der Waals surface area contributed by atoms with Crippen molar-refractivity contribution in [3.05, 3.63) is 91.7 Å². The monoisotopic (exact) mass is 501 g/mol. The Bertz CT molecular complexity index is 1620. The molecule has 10 nitrogen and oxygen atoms in total. The maximum Gasteiger partial charge on any atom is 0.333 e. The minimum absolute atomic E-state index is 0.00394. The van der Waals surface area contributed by atoms with Gasteiger partial charge in [-0.25, -0.2) is 22.9 Å². The van der Waals surface area contributed by atoms with Crippen molar-refractivity contribution in [3.8, 4) is 5.69 Å². The van der Waals surface area contributed by atoms with E-state index in [9.17, 15) is 22.8 Å². The van der Waals surface area contributed by atoms with Gasteiger partial charge in [0.25, 0.3) is 11.5 Å². The third-order valence-electron chi connectivity index (χ3n) is 5.30. The Balaban J connectivity index is 1.57. The first-order chi connectivity index (χ1) is 16.1. The third-order valence-corrected chi connectivity index (χ3v) is 6.48. The number of aromatic amines is 1. The Hall–Kier alpha value is -3.67. The lowest BCUT2D eigenvalue weighted by Crippen LogP contribution is -2.34. The molecule has 176 valence electrons. The quantitative estimate of drug-likeness (QED) is 0.364. The molecular formula is C22H20ClN5O5S. The molecule has 0 bridgehead atoms. The zero-order valence-electron chi connectivity index (χ0n) is 17.9. The molecule has 4 rings (SSSR count). The summed E-state index contributed by atoms with van der Waals surface area (Å²) < 4.78 is 25.1. The van der Waals surface area contributed by atoms with Crippen LogP contribution in [0.1, 0.15) is 15.9 Å². The molecule has 34 heavy (non-hydrogen) atoms. The van der Waals surface area contributed by atoms with Crippen LogP contribution in [0.15, 0.2) is 69.2 Å². The first-order valence-electron chi connectivity index (χ1n) is 10.1. The van der Waals surface area contributed by atoms with Crippen molar-refractivity contribution in [1.82, 2.24) is 19.4 Å². The highest BCUT2D eigenvalue weighted by Gasteiger charge is 2.20. The summed E-state index contributed by atoms with van der Waals surface area (Å²) in [5.74, 6) is -0.467. The highest BCUT2D eigenvalue weighted by atomic mass is 35.5. The molecule has 2 aromatic heterocycles. The number of rotatable bonds is 6. The van der Waals surface area contributed by atoms with Crippen molar-refractivity contribution >= 4 is 38.6 Å². The molecule has 0 fully saturated rings. The highest BCUT2D eigenvalue weighted by molar-refractivity contribution is 7.89. The van der Waals surface area contributed by atoms with E-state index in [0.29, 0.717) is 17.1 Å². The predicted octanol–water partition coefficient (Wildman–Crippen LogP) is 1.29. The fourth-order valence-corrected chi connectivity index (χ4v) is 4.27. The molecule has 0 saturated carbocycles. The molecule has 0 unspecified atom stereocenters. The van der Waals surface area contributed by atoms with E-state index < -0.39 is 27.2 Å². The van der Waals surface area contributed by atoms with E-state index in [4.69, 9.17) is 16.7 Å². The average Bonchev–Trinajstić information content (AvgIpc) is 3.11. The number of benzene rings is 2. The van der Waals surface area contributed by atoms with Crippen LogP contribution >= 0.6 is 11.6 Å². The van der Waals surface area contributed by atoms with Gasteiger partial charge in [0.2, 0.25) is 10.0 Å². The first kappa shape index (κ1) is 23.5. The molecule has 0 aliphatic rings. The van der Waals surface area contributed by atoms with Crippen LogP contribution in [0.25, 0.3) is 16.7 Å². The number of amides is 1. The van der Waals surface area contributed by atoms with E-state index in [1.807, 2.05) is 0 Å². The summed E-state index contributed by atoms with van der Waals surface area (Å²) in [5.41, 5.74) is 0.339. The largest absolute Gasteiger partial charge is 0.352 e. The molecular weight excluding hydrogens is 482 g/mol. The van der Waals surface area contributed by atoms with Crippen molar-refractivity contribution in [2.45, 2.75) is 11.3 Å². The number of carbonyl (C=O) groups is 1. The first-order valence-corrected chi connectivity index (χ1v) is 12.0. The minimum Gasteiger partial charge on any atom is -0.352 e. The summed E-state index contributed by atoms with van der Waals surface area (Å²) in [6.45, 7) is 0.246. The van der Waals surface area contributed by atoms with Gasteiger partial charge in [-0.2, -0.15) is 0 Å². The molecule has 0 saturated heterocycles. The summed E-state index contributed by atoms with van der Waals surface area (Å²) >= 11 is 5.89. The summed E-state index contributed by atoms with van der Waals surface area (Å²) in [7, 11) is -2.16. The zero-order chi connectivity index (χ0) is 24.6. The van der Waals surface area contributed by atoms with Crippen molar-refractivity contribution in [2.24, 2.45) is 12.2 Å². The van der Waals surface area contributed by atoms with Crippen molar-refractivity contribution < 1.29 is 13.2 Å². The van der Waals surface area contributed by atoms with Crippen molar-refractivity contribution in [3.63, 3.8) is 0 Å². The van der Waals surface area contributed by atoms with Crippen molar-refractivity contribution in [2.75, 3.05) is 6.54 Å². The second-order valence-electron chi connectivity index (χ2n) is 7.62. The van der Waals surface area contributed by atoms with Crippen LogP contribution < -0.4 is 21.7 Å². The van der Waals surface area contributed by atoms with E-state index in [1.165, 1.54) is 22.9 Å². The lowest BCUT2D eigenvalue weighted by atomic mass is 10.1. The van der Waals surface area contributed by atoms with Gasteiger partial charge in [-0.15, -0.1) is 0 Å². The summed E-state index contributed by atoms with van der Waals surface area (Å²) in [5, 5.41) is 8.30. The third kappa shape index (κ3) is 4.53. The number of sulfonamides is 1. The van der Waals surface area contributed by atoms with E-state index in [-0.39, 0.29) is 28.0 Å².